The third kappa shape index (κ3) is 5.55. The number of aromatic nitrogens is 2. The topological polar surface area (TPSA) is 68.2 Å². The number of rotatable bonds is 6. The average Bonchev–Trinajstić information content (AvgIpc) is 3.21. The van der Waals surface area contributed by atoms with Gasteiger partial charge in [0.1, 0.15) is 5.00 Å². The van der Waals surface area contributed by atoms with Gasteiger partial charge in [-0.2, -0.15) is 5.10 Å². The first-order chi connectivity index (χ1) is 13.6. The molecular weight excluding hydrogens is 460 g/mol. The summed E-state index contributed by atoms with van der Waals surface area (Å²) < 4.78 is 7.91. The zero-order valence-corrected chi connectivity index (χ0v) is 19.1. The Morgan fingerprint density at radius 2 is 2.14 bits per heavy atom. The SMILES string of the molecule is COC(=O)c1c(NC(=S)NCCCn2cc(Br)cn2)sc2c1CCCCCC2. The molecule has 28 heavy (non-hydrogen) atoms. The zero-order chi connectivity index (χ0) is 19.9. The summed E-state index contributed by atoms with van der Waals surface area (Å²) in [6.45, 7) is 1.53. The van der Waals surface area contributed by atoms with Crippen molar-refractivity contribution in [2.45, 2.75) is 51.5 Å². The number of nitrogens with zero attached hydrogens (tertiary/aromatic N) is 2. The second kappa shape index (κ2) is 10.4. The number of fused-ring (bicyclic) bond motifs is 1. The number of aryl methyl sites for hydroxylation is 2. The van der Waals surface area contributed by atoms with E-state index in [1.807, 2.05) is 10.9 Å². The van der Waals surface area contributed by atoms with Crippen molar-refractivity contribution in [1.29, 1.82) is 0 Å². The van der Waals surface area contributed by atoms with E-state index in [4.69, 9.17) is 17.0 Å². The second-order valence-corrected chi connectivity index (χ2v) is 9.20. The molecule has 0 amide bonds. The van der Waals surface area contributed by atoms with Gasteiger partial charge in [0.25, 0.3) is 0 Å². The van der Waals surface area contributed by atoms with E-state index in [2.05, 4.69) is 31.7 Å². The smallest absolute Gasteiger partial charge is 0.341 e. The van der Waals surface area contributed by atoms with Crippen LogP contribution >= 0.6 is 39.5 Å². The van der Waals surface area contributed by atoms with Gasteiger partial charge in [0.05, 0.1) is 23.3 Å². The van der Waals surface area contributed by atoms with E-state index >= 15 is 0 Å². The van der Waals surface area contributed by atoms with Gasteiger partial charge in [0.15, 0.2) is 5.11 Å². The molecule has 0 radical (unpaired) electrons. The van der Waals surface area contributed by atoms with Gasteiger partial charge in [-0.15, -0.1) is 11.3 Å². The van der Waals surface area contributed by atoms with E-state index in [0.717, 1.165) is 53.8 Å². The van der Waals surface area contributed by atoms with Crippen LogP contribution in [0.1, 0.15) is 52.9 Å². The molecule has 0 bridgehead atoms. The number of hydrogen-bond donors (Lipinski definition) is 2. The first kappa shape index (κ1) is 21.3. The fraction of sp³-hybridized carbons (Fsp3) is 0.526. The zero-order valence-electron chi connectivity index (χ0n) is 15.9. The number of ether oxygens (including phenoxy) is 1. The number of thiocarbonyl (C=S) groups is 1. The predicted molar refractivity (Wildman–Crippen MR) is 120 cm³/mol. The number of esters is 1. The Morgan fingerprint density at radius 1 is 1.36 bits per heavy atom. The molecule has 2 aromatic rings. The maximum atomic E-state index is 12.4. The first-order valence-corrected chi connectivity index (χ1v) is 11.6. The Hall–Kier alpha value is -1.45. The van der Waals surface area contributed by atoms with Gasteiger partial charge >= 0.3 is 5.97 Å². The van der Waals surface area contributed by atoms with Crippen LogP contribution in [0.25, 0.3) is 0 Å². The van der Waals surface area contributed by atoms with Crippen molar-refractivity contribution in [2.24, 2.45) is 0 Å². The van der Waals surface area contributed by atoms with E-state index in [1.165, 1.54) is 31.2 Å². The summed E-state index contributed by atoms with van der Waals surface area (Å²) in [5, 5.41) is 12.0. The fourth-order valence-corrected chi connectivity index (χ4v) is 5.25. The number of hydrogen-bond acceptors (Lipinski definition) is 5. The molecule has 0 aliphatic heterocycles. The Labute approximate surface area is 183 Å². The number of anilines is 1. The molecule has 6 nitrogen and oxygen atoms in total. The summed E-state index contributed by atoms with van der Waals surface area (Å²) >= 11 is 10.5. The van der Waals surface area contributed by atoms with E-state index in [-0.39, 0.29) is 5.97 Å². The molecule has 2 aromatic heterocycles. The molecule has 0 saturated carbocycles. The van der Waals surface area contributed by atoms with Crippen LogP contribution in [0.2, 0.25) is 0 Å². The third-order valence-corrected chi connectivity index (χ3v) is 6.60. The Balaban J connectivity index is 1.61. The van der Waals surface area contributed by atoms with E-state index in [9.17, 15) is 4.79 Å². The second-order valence-electron chi connectivity index (χ2n) is 6.77. The van der Waals surface area contributed by atoms with Crippen molar-refractivity contribution in [2.75, 3.05) is 19.0 Å². The van der Waals surface area contributed by atoms with E-state index < -0.39 is 0 Å². The maximum absolute atomic E-state index is 12.4. The quantitative estimate of drug-likeness (QED) is 0.356. The fourth-order valence-electron chi connectivity index (χ4n) is 3.38. The van der Waals surface area contributed by atoms with Crippen LogP contribution in [-0.4, -0.2) is 34.5 Å². The van der Waals surface area contributed by atoms with Crippen LogP contribution < -0.4 is 10.6 Å². The monoisotopic (exact) mass is 484 g/mol. The highest BCUT2D eigenvalue weighted by atomic mass is 79.9. The highest BCUT2D eigenvalue weighted by Gasteiger charge is 2.25. The summed E-state index contributed by atoms with van der Waals surface area (Å²) in [5.74, 6) is -0.285. The van der Waals surface area contributed by atoms with Gasteiger partial charge in [-0.25, -0.2) is 4.79 Å². The van der Waals surface area contributed by atoms with Crippen molar-refractivity contribution >= 4 is 55.6 Å². The van der Waals surface area contributed by atoms with Crippen molar-refractivity contribution < 1.29 is 9.53 Å². The minimum absolute atomic E-state index is 0.285. The molecule has 9 heteroatoms. The van der Waals surface area contributed by atoms with Crippen molar-refractivity contribution in [3.63, 3.8) is 0 Å². The van der Waals surface area contributed by atoms with Crippen LogP contribution in [0.15, 0.2) is 16.9 Å². The number of methoxy groups -OCH3 is 1. The van der Waals surface area contributed by atoms with Crippen LogP contribution in [0.4, 0.5) is 5.00 Å². The molecule has 0 fully saturated rings. The highest BCUT2D eigenvalue weighted by molar-refractivity contribution is 9.10. The van der Waals surface area contributed by atoms with Crippen LogP contribution in [0.3, 0.4) is 0 Å². The van der Waals surface area contributed by atoms with Crippen molar-refractivity contribution in [3.05, 3.63) is 32.9 Å². The normalized spacial score (nSPS) is 13.9. The summed E-state index contributed by atoms with van der Waals surface area (Å²) in [4.78, 5) is 13.7. The minimum atomic E-state index is -0.285. The number of nitrogens with one attached hydrogen (secondary N) is 2. The molecule has 0 atom stereocenters. The van der Waals surface area contributed by atoms with Gasteiger partial charge in [-0.1, -0.05) is 12.8 Å². The van der Waals surface area contributed by atoms with Crippen molar-refractivity contribution in [1.82, 2.24) is 15.1 Å². The summed E-state index contributed by atoms with van der Waals surface area (Å²) in [6, 6.07) is 0. The molecule has 1 aliphatic rings. The van der Waals surface area contributed by atoms with Gasteiger partial charge < -0.3 is 15.4 Å². The third-order valence-electron chi connectivity index (χ3n) is 4.74. The van der Waals surface area contributed by atoms with Crippen LogP contribution in [0.5, 0.6) is 0 Å². The molecule has 1 aliphatic carbocycles. The molecule has 152 valence electrons. The molecular formula is C19H25BrN4O2S2. The first-order valence-electron chi connectivity index (χ1n) is 9.54. The Bertz CT molecular complexity index is 834. The van der Waals surface area contributed by atoms with Crippen LogP contribution in [-0.2, 0) is 24.1 Å². The molecule has 0 aromatic carbocycles. The molecule has 0 unspecified atom stereocenters. The number of carbonyl (C=O) groups is 1. The number of halogens is 1. The number of carbonyl (C=O) groups excluding carboxylic acids is 1. The predicted octanol–water partition coefficient (Wildman–Crippen LogP) is 4.53. The van der Waals surface area contributed by atoms with Crippen molar-refractivity contribution in [3.8, 4) is 0 Å². The summed E-state index contributed by atoms with van der Waals surface area (Å²) in [5.41, 5.74) is 1.81. The van der Waals surface area contributed by atoms with Crippen LogP contribution in [0, 0.1) is 0 Å². The minimum Gasteiger partial charge on any atom is -0.465 e. The van der Waals surface area contributed by atoms with Gasteiger partial charge in [0.2, 0.25) is 0 Å². The number of thiophene rings is 1. The lowest BCUT2D eigenvalue weighted by atomic mass is 9.96. The molecule has 0 saturated heterocycles. The Morgan fingerprint density at radius 3 is 2.86 bits per heavy atom. The van der Waals surface area contributed by atoms with E-state index in [0.29, 0.717) is 10.7 Å². The maximum Gasteiger partial charge on any atom is 0.341 e. The van der Waals surface area contributed by atoms with Gasteiger partial charge in [-0.05, 0) is 65.8 Å². The Kier molecular flexibility index (Phi) is 7.87. The molecule has 2 N–H and O–H groups in total. The lowest BCUT2D eigenvalue weighted by molar-refractivity contribution is 0.0601. The molecule has 3 rings (SSSR count). The average molecular weight is 485 g/mol. The summed E-state index contributed by atoms with van der Waals surface area (Å²) in [7, 11) is 1.43. The molecule has 0 spiro atoms. The van der Waals surface area contributed by atoms with E-state index in [1.54, 1.807) is 17.5 Å². The highest BCUT2D eigenvalue weighted by Crippen LogP contribution is 2.37. The lowest BCUT2D eigenvalue weighted by Gasteiger charge is -2.12. The molecule has 2 heterocycles. The van der Waals surface area contributed by atoms with Gasteiger partial charge in [0, 0.05) is 24.2 Å². The standard InChI is InChI=1S/C19H25BrN4O2S2/c1-26-18(25)16-14-7-4-2-3-5-8-15(14)28-17(16)23-19(27)21-9-6-10-24-12-13(20)11-22-24/h11-12H,2-10H2,1H3,(H2,21,23,27). The largest absolute Gasteiger partial charge is 0.465 e. The summed E-state index contributed by atoms with van der Waals surface area (Å²) in [6.07, 6.45) is 11.3. The van der Waals surface area contributed by atoms with Gasteiger partial charge in [-0.3, -0.25) is 4.68 Å². The lowest BCUT2D eigenvalue weighted by Crippen LogP contribution is -2.30.